The topological polar surface area (TPSA) is 128 Å². The lowest BCUT2D eigenvalue weighted by Gasteiger charge is -2.22. The molecule has 204 valence electrons. The Bertz CT molecular complexity index is 1430. The molecule has 2 atom stereocenters. The molecule has 1 aliphatic carbocycles. The van der Waals surface area contributed by atoms with Crippen LogP contribution in [-0.4, -0.2) is 49.6 Å². The van der Waals surface area contributed by atoms with Gasteiger partial charge in [-0.05, 0) is 59.6 Å². The molecule has 2 aromatic carbocycles. The number of carbonyl (C=O) groups is 2. The van der Waals surface area contributed by atoms with Crippen LogP contribution in [0.4, 0.5) is 4.39 Å². The van der Waals surface area contributed by atoms with E-state index >= 15 is 0 Å². The number of aromatic nitrogens is 1. The number of aliphatic hydroxyl groups excluding tert-OH is 2. The number of aliphatic hydroxyl groups is 2. The average molecular weight is 534 g/mol. The third kappa shape index (κ3) is 6.24. The summed E-state index contributed by atoms with van der Waals surface area (Å²) < 4.78 is 14.4. The Morgan fingerprint density at radius 3 is 2.51 bits per heavy atom. The first-order chi connectivity index (χ1) is 18.6. The molecule has 1 aliphatic rings. The van der Waals surface area contributed by atoms with Gasteiger partial charge in [0, 0.05) is 17.5 Å². The van der Waals surface area contributed by atoms with Gasteiger partial charge in [-0.3, -0.25) is 9.78 Å². The number of hydrogen-bond acceptors (Lipinski definition) is 5. The molecule has 4 N–H and O–H groups in total. The summed E-state index contributed by atoms with van der Waals surface area (Å²) in [6.45, 7) is 3.97. The van der Waals surface area contributed by atoms with Crippen molar-refractivity contribution in [1.82, 2.24) is 4.98 Å². The van der Waals surface area contributed by atoms with Crippen LogP contribution in [0, 0.1) is 5.82 Å². The van der Waals surface area contributed by atoms with E-state index in [1.54, 1.807) is 12.1 Å². The number of carboxylic acid groups (broad SMARTS) is 2. The number of benzene rings is 2. The number of nitrogens with zero attached hydrogens (tertiary/aromatic N) is 1. The van der Waals surface area contributed by atoms with Crippen molar-refractivity contribution in [2.45, 2.75) is 64.1 Å². The zero-order valence-electron chi connectivity index (χ0n) is 21.9. The van der Waals surface area contributed by atoms with Crippen LogP contribution >= 0.6 is 0 Å². The van der Waals surface area contributed by atoms with Gasteiger partial charge in [-0.2, -0.15) is 0 Å². The van der Waals surface area contributed by atoms with Crippen LogP contribution in [0.3, 0.4) is 0 Å². The van der Waals surface area contributed by atoms with E-state index in [1.165, 1.54) is 17.7 Å². The highest BCUT2D eigenvalue weighted by Gasteiger charge is 2.26. The van der Waals surface area contributed by atoms with Gasteiger partial charge >= 0.3 is 11.9 Å². The number of fused-ring (bicyclic) bond motifs is 3. The molecule has 1 aromatic heterocycles. The van der Waals surface area contributed by atoms with Crippen molar-refractivity contribution in [3.05, 3.63) is 82.3 Å². The number of hydrogen-bond donors (Lipinski definition) is 4. The van der Waals surface area contributed by atoms with E-state index in [2.05, 4.69) is 6.07 Å². The summed E-state index contributed by atoms with van der Waals surface area (Å²) in [6, 6.07) is 12.1. The van der Waals surface area contributed by atoms with E-state index in [-0.39, 0.29) is 12.3 Å². The Balaban J connectivity index is 1.96. The predicted octanol–water partition coefficient (Wildman–Crippen LogP) is 5.46. The molecular formula is C31H32FNO6. The molecule has 0 amide bonds. The van der Waals surface area contributed by atoms with Crippen LogP contribution in [0.15, 0.2) is 48.5 Å². The van der Waals surface area contributed by atoms with Gasteiger partial charge in [0.15, 0.2) is 0 Å². The Morgan fingerprint density at radius 2 is 1.82 bits per heavy atom. The molecule has 0 unspecified atom stereocenters. The third-order valence-corrected chi connectivity index (χ3v) is 6.95. The van der Waals surface area contributed by atoms with E-state index in [9.17, 15) is 29.3 Å². The quantitative estimate of drug-likeness (QED) is 0.287. The summed E-state index contributed by atoms with van der Waals surface area (Å²) in [5.74, 6) is -3.42. The number of rotatable bonds is 9. The molecule has 8 heteroatoms. The van der Waals surface area contributed by atoms with Crippen molar-refractivity contribution in [1.29, 1.82) is 0 Å². The van der Waals surface area contributed by atoms with Gasteiger partial charge in [0.1, 0.15) is 5.82 Å². The summed E-state index contributed by atoms with van der Waals surface area (Å²) in [7, 11) is 0. The highest BCUT2D eigenvalue weighted by Crippen LogP contribution is 2.42. The summed E-state index contributed by atoms with van der Waals surface area (Å²) in [5, 5.41) is 39.1. The SMILES string of the molecule is CC(C)c1nc2c(c(-c3ccc(F)c(C(=O)O)c3)c1/C=C/[C@@H](O)C[C@@H](O)CC(=O)O)CCCc1ccccc1-2. The lowest BCUT2D eigenvalue weighted by atomic mass is 9.86. The summed E-state index contributed by atoms with van der Waals surface area (Å²) in [5.41, 5.74) is 6.07. The molecule has 0 fully saturated rings. The maximum absolute atomic E-state index is 14.4. The van der Waals surface area contributed by atoms with Gasteiger partial charge in [0.25, 0.3) is 0 Å². The van der Waals surface area contributed by atoms with E-state index in [1.807, 2.05) is 32.0 Å². The maximum Gasteiger partial charge on any atom is 0.338 e. The largest absolute Gasteiger partial charge is 0.481 e. The van der Waals surface area contributed by atoms with Gasteiger partial charge in [0.05, 0.1) is 35.6 Å². The van der Waals surface area contributed by atoms with Crippen LogP contribution in [0.2, 0.25) is 0 Å². The normalized spacial score (nSPS) is 14.5. The van der Waals surface area contributed by atoms with Crippen molar-refractivity contribution < 1.29 is 34.4 Å². The van der Waals surface area contributed by atoms with Gasteiger partial charge in [0.2, 0.25) is 0 Å². The lowest BCUT2D eigenvalue weighted by molar-refractivity contribution is -0.139. The fraction of sp³-hybridized carbons (Fsp3) is 0.323. The first kappa shape index (κ1) is 28.1. The van der Waals surface area contributed by atoms with Gasteiger partial charge in [-0.25, -0.2) is 9.18 Å². The van der Waals surface area contributed by atoms with Crippen LogP contribution in [0.5, 0.6) is 0 Å². The second kappa shape index (κ2) is 11.9. The minimum atomic E-state index is -1.37. The van der Waals surface area contributed by atoms with Crippen LogP contribution in [0.1, 0.15) is 71.8 Å². The number of halogens is 1. The molecule has 0 spiro atoms. The Kier molecular flexibility index (Phi) is 8.57. The second-order valence-electron chi connectivity index (χ2n) is 10.2. The highest BCUT2D eigenvalue weighted by molar-refractivity contribution is 5.92. The summed E-state index contributed by atoms with van der Waals surface area (Å²) >= 11 is 0. The molecule has 0 radical (unpaired) electrons. The number of aromatic carboxylic acids is 1. The van der Waals surface area contributed by atoms with Gasteiger partial charge in [-0.15, -0.1) is 0 Å². The molecule has 4 rings (SSSR count). The zero-order valence-corrected chi connectivity index (χ0v) is 21.9. The van der Waals surface area contributed by atoms with Crippen LogP contribution in [-0.2, 0) is 17.6 Å². The Morgan fingerprint density at radius 1 is 1.08 bits per heavy atom. The van der Waals surface area contributed by atoms with E-state index < -0.39 is 41.9 Å². The number of aryl methyl sites for hydroxylation is 1. The third-order valence-electron chi connectivity index (χ3n) is 6.95. The molecule has 39 heavy (non-hydrogen) atoms. The number of pyridine rings is 1. The first-order valence-electron chi connectivity index (χ1n) is 13.0. The fourth-order valence-corrected chi connectivity index (χ4v) is 5.18. The van der Waals surface area contributed by atoms with Crippen molar-refractivity contribution in [2.24, 2.45) is 0 Å². The zero-order chi connectivity index (χ0) is 28.3. The second-order valence-corrected chi connectivity index (χ2v) is 10.2. The van der Waals surface area contributed by atoms with E-state index in [4.69, 9.17) is 10.1 Å². The molecule has 0 aliphatic heterocycles. The van der Waals surface area contributed by atoms with Crippen molar-refractivity contribution in [2.75, 3.05) is 0 Å². The van der Waals surface area contributed by atoms with E-state index in [0.29, 0.717) is 17.5 Å². The number of aliphatic carboxylic acids is 1. The van der Waals surface area contributed by atoms with Crippen LogP contribution in [0.25, 0.3) is 28.5 Å². The van der Waals surface area contributed by atoms with Gasteiger partial charge in [-0.1, -0.05) is 56.3 Å². The first-order valence-corrected chi connectivity index (χ1v) is 13.0. The monoisotopic (exact) mass is 533 g/mol. The highest BCUT2D eigenvalue weighted by atomic mass is 19.1. The van der Waals surface area contributed by atoms with Crippen molar-refractivity contribution in [3.63, 3.8) is 0 Å². The maximum atomic E-state index is 14.4. The molecule has 1 heterocycles. The molecule has 3 aromatic rings. The summed E-state index contributed by atoms with van der Waals surface area (Å²) in [6.07, 6.45) is 2.51. The van der Waals surface area contributed by atoms with Crippen LogP contribution < -0.4 is 0 Å². The fourth-order valence-electron chi connectivity index (χ4n) is 5.18. The minimum absolute atomic E-state index is 0.0572. The minimum Gasteiger partial charge on any atom is -0.481 e. The van der Waals surface area contributed by atoms with Gasteiger partial charge < -0.3 is 20.4 Å². The Hall–Kier alpha value is -3.88. The number of carboxylic acids is 2. The van der Waals surface area contributed by atoms with E-state index in [0.717, 1.165) is 47.0 Å². The molecule has 0 saturated heterocycles. The molecule has 7 nitrogen and oxygen atoms in total. The molecule has 0 bridgehead atoms. The smallest absolute Gasteiger partial charge is 0.338 e. The molecule has 0 saturated carbocycles. The average Bonchev–Trinajstić information content (AvgIpc) is 3.05. The standard InChI is InChI=1S/C31H32FNO6/c1-17(2)29-24(12-11-20(34)15-21(35)16-27(36)37)28(19-10-13-26(32)25(14-19)31(38)39)23-9-5-7-18-6-3-4-8-22(18)30(23)33-29/h3-4,6,8,10-14,17,20-21,34-35H,5,7,9,15-16H2,1-2H3,(H,36,37)(H,38,39)/b12-11+/t20-,21-/m1/s1. The lowest BCUT2D eigenvalue weighted by Crippen LogP contribution is -2.19. The van der Waals surface area contributed by atoms with Crippen molar-refractivity contribution >= 4 is 18.0 Å². The van der Waals surface area contributed by atoms with Crippen molar-refractivity contribution in [3.8, 4) is 22.4 Å². The predicted molar refractivity (Wildman–Crippen MR) is 146 cm³/mol. The summed E-state index contributed by atoms with van der Waals surface area (Å²) in [4.78, 5) is 27.8. The molecular weight excluding hydrogens is 501 g/mol. The Labute approximate surface area is 226 Å².